The Morgan fingerprint density at radius 1 is 1.53 bits per heavy atom. The van der Waals surface area contributed by atoms with Gasteiger partial charge < -0.3 is 15.2 Å². The van der Waals surface area contributed by atoms with Crippen molar-refractivity contribution < 1.29 is 0 Å². The van der Waals surface area contributed by atoms with Crippen molar-refractivity contribution in [1.29, 1.82) is 0 Å². The average molecular weight is 265 g/mol. The number of rotatable bonds is 6. The van der Waals surface area contributed by atoms with Gasteiger partial charge in [-0.25, -0.2) is 4.98 Å². The van der Waals surface area contributed by atoms with E-state index in [0.29, 0.717) is 18.6 Å². The monoisotopic (exact) mass is 265 g/mol. The van der Waals surface area contributed by atoms with E-state index in [1.807, 2.05) is 12.5 Å². The Bertz CT molecular complexity index is 387. The van der Waals surface area contributed by atoms with Gasteiger partial charge in [0.1, 0.15) is 0 Å². The van der Waals surface area contributed by atoms with E-state index in [0.717, 1.165) is 19.6 Å². The van der Waals surface area contributed by atoms with Crippen LogP contribution >= 0.6 is 0 Å². The molecule has 1 aliphatic rings. The minimum Gasteiger partial charge on any atom is -0.333 e. The molecule has 0 aromatic carbocycles. The molecule has 1 aliphatic heterocycles. The fourth-order valence-electron chi connectivity index (χ4n) is 3.18. The second-order valence-electron chi connectivity index (χ2n) is 5.65. The maximum Gasteiger partial charge on any atom is 0.0948 e. The lowest BCUT2D eigenvalue weighted by Crippen LogP contribution is -2.42. The summed E-state index contributed by atoms with van der Waals surface area (Å²) in [5.41, 5.74) is 7.32. The molecule has 0 radical (unpaired) electrons. The topological polar surface area (TPSA) is 50.3 Å². The molecule has 108 valence electrons. The third kappa shape index (κ3) is 3.16. The highest BCUT2D eigenvalue weighted by molar-refractivity contribution is 5.08. The van der Waals surface area contributed by atoms with E-state index in [1.54, 1.807) is 0 Å². The summed E-state index contributed by atoms with van der Waals surface area (Å²) < 4.78 is 2.21. The van der Waals surface area contributed by atoms with Gasteiger partial charge in [0.2, 0.25) is 0 Å². The molecule has 2 heterocycles. The van der Waals surface area contributed by atoms with Crippen molar-refractivity contribution >= 4 is 0 Å². The van der Waals surface area contributed by atoms with Gasteiger partial charge in [0, 0.05) is 31.9 Å². The van der Waals surface area contributed by atoms with E-state index in [4.69, 9.17) is 5.73 Å². The van der Waals surface area contributed by atoms with Gasteiger partial charge in [0.05, 0.1) is 18.1 Å². The number of nitrogens with zero attached hydrogens (tertiary/aromatic N) is 4. The highest BCUT2D eigenvalue weighted by atomic mass is 15.3. The number of aromatic nitrogens is 2. The zero-order chi connectivity index (χ0) is 13.8. The van der Waals surface area contributed by atoms with Gasteiger partial charge in [0.25, 0.3) is 0 Å². The summed E-state index contributed by atoms with van der Waals surface area (Å²) in [6.45, 7) is 6.03. The lowest BCUT2D eigenvalue weighted by molar-refractivity contribution is 0.151. The van der Waals surface area contributed by atoms with Crippen LogP contribution in [-0.4, -0.2) is 59.1 Å². The summed E-state index contributed by atoms with van der Waals surface area (Å²) in [4.78, 5) is 9.13. The van der Waals surface area contributed by atoms with Crippen LogP contribution in [0.5, 0.6) is 0 Å². The zero-order valence-corrected chi connectivity index (χ0v) is 12.4. The maximum atomic E-state index is 6.06. The molecule has 2 N–H and O–H groups in total. The van der Waals surface area contributed by atoms with E-state index in [9.17, 15) is 0 Å². The lowest BCUT2D eigenvalue weighted by Gasteiger charge is -2.34. The Kier molecular flexibility index (Phi) is 4.96. The summed E-state index contributed by atoms with van der Waals surface area (Å²) in [6.07, 6.45) is 6.44. The number of imidazole rings is 1. The van der Waals surface area contributed by atoms with Crippen LogP contribution in [-0.2, 0) is 6.54 Å². The fourth-order valence-corrected chi connectivity index (χ4v) is 3.18. The number of hydrogen-bond acceptors (Lipinski definition) is 4. The molecule has 1 aromatic heterocycles. The minimum atomic E-state index is 0.301. The van der Waals surface area contributed by atoms with Crippen LogP contribution in [0.15, 0.2) is 12.5 Å². The maximum absolute atomic E-state index is 6.06. The first-order valence-electron chi connectivity index (χ1n) is 7.28. The third-order valence-electron chi connectivity index (χ3n) is 4.05. The van der Waals surface area contributed by atoms with E-state index in [-0.39, 0.29) is 0 Å². The molecule has 0 spiro atoms. The number of aryl methyl sites for hydroxylation is 1. The Hall–Kier alpha value is -0.910. The third-order valence-corrected chi connectivity index (χ3v) is 4.05. The normalized spacial score (nSPS) is 22.3. The SMILES string of the molecule is CCn1cncc1C(CN)N1CCCC1CN(C)C. The molecule has 0 aliphatic carbocycles. The molecule has 1 saturated heterocycles. The standard InChI is InChI=1S/C14H27N5/c1-4-18-11-16-9-14(18)13(8-15)19-7-5-6-12(19)10-17(2)3/h9,11-13H,4-8,10,15H2,1-3H3. The second-order valence-corrected chi connectivity index (χ2v) is 5.65. The predicted octanol–water partition coefficient (Wildman–Crippen LogP) is 0.929. The Labute approximate surface area is 116 Å². The largest absolute Gasteiger partial charge is 0.333 e. The first kappa shape index (κ1) is 14.5. The predicted molar refractivity (Wildman–Crippen MR) is 78.0 cm³/mol. The molecule has 2 rings (SSSR count). The van der Waals surface area contributed by atoms with E-state index in [2.05, 4.69) is 40.4 Å². The Morgan fingerprint density at radius 2 is 2.32 bits per heavy atom. The van der Waals surface area contributed by atoms with Gasteiger partial charge in [-0.3, -0.25) is 4.90 Å². The Morgan fingerprint density at radius 3 is 2.95 bits per heavy atom. The highest BCUT2D eigenvalue weighted by Crippen LogP contribution is 2.29. The summed E-state index contributed by atoms with van der Waals surface area (Å²) in [6, 6.07) is 0.915. The van der Waals surface area contributed by atoms with E-state index in [1.165, 1.54) is 18.5 Å². The molecule has 1 aromatic rings. The van der Waals surface area contributed by atoms with E-state index >= 15 is 0 Å². The van der Waals surface area contributed by atoms with E-state index < -0.39 is 0 Å². The average Bonchev–Trinajstić information content (AvgIpc) is 3.00. The van der Waals surface area contributed by atoms with Gasteiger partial charge >= 0.3 is 0 Å². The molecule has 2 unspecified atom stereocenters. The first-order valence-corrected chi connectivity index (χ1v) is 7.28. The minimum absolute atomic E-state index is 0.301. The van der Waals surface area contributed by atoms with Gasteiger partial charge in [-0.1, -0.05) is 0 Å². The van der Waals surface area contributed by atoms with Crippen molar-refractivity contribution in [3.63, 3.8) is 0 Å². The van der Waals surface area contributed by atoms with Gasteiger partial charge in [0.15, 0.2) is 0 Å². The van der Waals surface area contributed by atoms with Crippen LogP contribution in [0.25, 0.3) is 0 Å². The van der Waals surface area contributed by atoms with Crippen LogP contribution < -0.4 is 5.73 Å². The number of nitrogens with two attached hydrogens (primary N) is 1. The molecule has 5 nitrogen and oxygen atoms in total. The smallest absolute Gasteiger partial charge is 0.0948 e. The zero-order valence-electron chi connectivity index (χ0n) is 12.4. The molecule has 0 saturated carbocycles. The van der Waals surface area contributed by atoms with Crippen LogP contribution in [0.2, 0.25) is 0 Å². The lowest BCUT2D eigenvalue weighted by atomic mass is 10.1. The van der Waals surface area contributed by atoms with Gasteiger partial charge in [-0.05, 0) is 40.4 Å². The molecule has 5 heteroatoms. The number of likely N-dealkylation sites (tertiary alicyclic amines) is 1. The summed E-state index contributed by atoms with van der Waals surface area (Å²) in [7, 11) is 4.29. The van der Waals surface area contributed by atoms with Crippen molar-refractivity contribution in [1.82, 2.24) is 19.4 Å². The fraction of sp³-hybridized carbons (Fsp3) is 0.786. The number of hydrogen-bond donors (Lipinski definition) is 1. The van der Waals surface area contributed by atoms with Gasteiger partial charge in [-0.2, -0.15) is 0 Å². The molecule has 0 bridgehead atoms. The summed E-state index contributed by atoms with van der Waals surface area (Å²) in [5, 5.41) is 0. The van der Waals surface area contributed by atoms with Crippen molar-refractivity contribution in [2.75, 3.05) is 33.7 Å². The molecule has 0 amide bonds. The van der Waals surface area contributed by atoms with Crippen LogP contribution in [0, 0.1) is 0 Å². The molecule has 19 heavy (non-hydrogen) atoms. The quantitative estimate of drug-likeness (QED) is 0.831. The summed E-state index contributed by atoms with van der Waals surface area (Å²) >= 11 is 0. The van der Waals surface area contributed by atoms with Gasteiger partial charge in [-0.15, -0.1) is 0 Å². The Balaban J connectivity index is 2.16. The molecule has 2 atom stereocenters. The first-order chi connectivity index (χ1) is 9.17. The highest BCUT2D eigenvalue weighted by Gasteiger charge is 2.32. The van der Waals surface area contributed by atoms with Crippen molar-refractivity contribution in [3.8, 4) is 0 Å². The molecular weight excluding hydrogens is 238 g/mol. The van der Waals surface area contributed by atoms with Crippen LogP contribution in [0.4, 0.5) is 0 Å². The van der Waals surface area contributed by atoms with Crippen molar-refractivity contribution in [2.45, 2.75) is 38.4 Å². The second kappa shape index (κ2) is 6.50. The van der Waals surface area contributed by atoms with Crippen molar-refractivity contribution in [3.05, 3.63) is 18.2 Å². The summed E-state index contributed by atoms with van der Waals surface area (Å²) in [5.74, 6) is 0. The number of likely N-dealkylation sites (N-methyl/N-ethyl adjacent to an activating group) is 1. The molecular formula is C14H27N5. The van der Waals surface area contributed by atoms with Crippen molar-refractivity contribution in [2.24, 2.45) is 5.73 Å². The van der Waals surface area contributed by atoms with Crippen LogP contribution in [0.1, 0.15) is 31.5 Å². The molecule has 1 fully saturated rings. The van der Waals surface area contributed by atoms with Crippen LogP contribution in [0.3, 0.4) is 0 Å².